The third-order valence-corrected chi connectivity index (χ3v) is 5.11. The maximum Gasteiger partial charge on any atom is 0.331 e. The highest BCUT2D eigenvalue weighted by molar-refractivity contribution is 6.31. The summed E-state index contributed by atoms with van der Waals surface area (Å²) < 4.78 is 7.29. The number of hydrogen-bond acceptors (Lipinski definition) is 4. The Morgan fingerprint density at radius 3 is 2.53 bits per heavy atom. The molecule has 4 rings (SSSR count). The Bertz CT molecular complexity index is 1190. The van der Waals surface area contributed by atoms with Crippen molar-refractivity contribution < 1.29 is 18.8 Å². The quantitative estimate of drug-likeness (QED) is 0.532. The van der Waals surface area contributed by atoms with Crippen LogP contribution in [0.25, 0.3) is 11.8 Å². The standard InChI is InChI=1S/C23H21N3O4/c1-14-6-4-7-18(10-14)26-15(2)11-17(16(26)3)12-20-21(27)24-23(29)25(22(20)28)13-19-8-5-9-30-19/h4-12H,13H2,1-3H3,(H,24,27,29). The lowest BCUT2D eigenvalue weighted by Crippen LogP contribution is -2.53. The van der Waals surface area contributed by atoms with Crippen LogP contribution in [-0.2, 0) is 16.1 Å². The molecule has 1 aliphatic heterocycles. The lowest BCUT2D eigenvalue weighted by molar-refractivity contribution is -0.130. The number of carbonyl (C=O) groups excluding carboxylic acids is 3. The molecule has 1 aliphatic rings. The monoisotopic (exact) mass is 403 g/mol. The second-order valence-electron chi connectivity index (χ2n) is 7.29. The van der Waals surface area contributed by atoms with Crippen molar-refractivity contribution in [3.05, 3.63) is 82.6 Å². The number of furan rings is 1. The number of aryl methyl sites for hydroxylation is 2. The molecular formula is C23H21N3O4. The second kappa shape index (κ2) is 7.51. The molecule has 1 aromatic carbocycles. The van der Waals surface area contributed by atoms with Crippen LogP contribution in [0.3, 0.4) is 0 Å². The van der Waals surface area contributed by atoms with Gasteiger partial charge in [0.05, 0.1) is 12.8 Å². The van der Waals surface area contributed by atoms with E-state index in [0.717, 1.165) is 33.1 Å². The molecular weight excluding hydrogens is 382 g/mol. The fourth-order valence-corrected chi connectivity index (χ4v) is 3.65. The average molecular weight is 403 g/mol. The number of amides is 4. The first-order valence-electron chi connectivity index (χ1n) is 9.52. The number of aromatic nitrogens is 1. The van der Waals surface area contributed by atoms with Gasteiger partial charge in [-0.2, -0.15) is 0 Å². The molecule has 0 bridgehead atoms. The van der Waals surface area contributed by atoms with Crippen LogP contribution >= 0.6 is 0 Å². The van der Waals surface area contributed by atoms with Crippen molar-refractivity contribution in [1.82, 2.24) is 14.8 Å². The minimum Gasteiger partial charge on any atom is -0.467 e. The summed E-state index contributed by atoms with van der Waals surface area (Å²) in [6.45, 7) is 5.87. The van der Waals surface area contributed by atoms with Gasteiger partial charge in [0.1, 0.15) is 11.3 Å². The number of imide groups is 2. The molecule has 0 unspecified atom stereocenters. The molecule has 0 saturated carbocycles. The zero-order valence-electron chi connectivity index (χ0n) is 16.9. The number of barbiturate groups is 1. The highest BCUT2D eigenvalue weighted by atomic mass is 16.3. The Balaban J connectivity index is 1.71. The van der Waals surface area contributed by atoms with Crippen molar-refractivity contribution in [2.75, 3.05) is 0 Å². The third kappa shape index (κ3) is 3.45. The molecule has 1 fully saturated rings. The van der Waals surface area contributed by atoms with E-state index in [1.54, 1.807) is 12.1 Å². The molecule has 1 N–H and O–H groups in total. The van der Waals surface area contributed by atoms with Gasteiger partial charge in [-0.25, -0.2) is 4.79 Å². The molecule has 7 nitrogen and oxygen atoms in total. The first-order chi connectivity index (χ1) is 14.3. The van der Waals surface area contributed by atoms with Gasteiger partial charge in [-0.3, -0.25) is 19.8 Å². The summed E-state index contributed by atoms with van der Waals surface area (Å²) in [4.78, 5) is 38.5. The van der Waals surface area contributed by atoms with Crippen molar-refractivity contribution >= 4 is 23.9 Å². The fraction of sp³-hybridized carbons (Fsp3) is 0.174. The Morgan fingerprint density at radius 1 is 1.03 bits per heavy atom. The number of urea groups is 1. The van der Waals surface area contributed by atoms with Crippen molar-refractivity contribution in [2.45, 2.75) is 27.3 Å². The zero-order valence-corrected chi connectivity index (χ0v) is 16.9. The Hall–Kier alpha value is -3.87. The van der Waals surface area contributed by atoms with Gasteiger partial charge in [0.2, 0.25) is 0 Å². The molecule has 152 valence electrons. The summed E-state index contributed by atoms with van der Waals surface area (Å²) in [5.41, 5.74) is 4.64. The van der Waals surface area contributed by atoms with Gasteiger partial charge in [-0.1, -0.05) is 12.1 Å². The molecule has 2 aromatic heterocycles. The van der Waals surface area contributed by atoms with Crippen LogP contribution in [0.5, 0.6) is 0 Å². The molecule has 3 heterocycles. The third-order valence-electron chi connectivity index (χ3n) is 5.11. The van der Waals surface area contributed by atoms with Crippen LogP contribution in [-0.4, -0.2) is 27.3 Å². The highest BCUT2D eigenvalue weighted by Crippen LogP contribution is 2.25. The van der Waals surface area contributed by atoms with E-state index in [4.69, 9.17) is 4.42 Å². The van der Waals surface area contributed by atoms with Crippen molar-refractivity contribution in [3.8, 4) is 5.69 Å². The number of rotatable bonds is 4. The number of nitrogens with zero attached hydrogens (tertiary/aromatic N) is 2. The predicted octanol–water partition coefficient (Wildman–Crippen LogP) is 3.66. The minimum atomic E-state index is -0.760. The number of hydrogen-bond donors (Lipinski definition) is 1. The molecule has 0 aliphatic carbocycles. The summed E-state index contributed by atoms with van der Waals surface area (Å²) in [6.07, 6.45) is 3.00. The minimum absolute atomic E-state index is 0.0510. The summed E-state index contributed by atoms with van der Waals surface area (Å²) in [6, 6.07) is 12.6. The SMILES string of the molecule is Cc1cccc(-n2c(C)cc(C=C3C(=O)NC(=O)N(Cc4ccco4)C3=O)c2C)c1. The maximum absolute atomic E-state index is 12.9. The van der Waals surface area contributed by atoms with E-state index in [1.807, 2.05) is 45.0 Å². The topological polar surface area (TPSA) is 84.6 Å². The molecule has 0 atom stereocenters. The van der Waals surface area contributed by atoms with E-state index in [9.17, 15) is 14.4 Å². The van der Waals surface area contributed by atoms with Gasteiger partial charge in [-0.05, 0) is 68.3 Å². The summed E-state index contributed by atoms with van der Waals surface area (Å²) in [5.74, 6) is -0.911. The van der Waals surface area contributed by atoms with Crippen LogP contribution in [0.2, 0.25) is 0 Å². The van der Waals surface area contributed by atoms with Crippen LogP contribution in [0.4, 0.5) is 4.79 Å². The first-order valence-corrected chi connectivity index (χ1v) is 9.52. The summed E-state index contributed by atoms with van der Waals surface area (Å²) in [5, 5.41) is 2.23. The van der Waals surface area contributed by atoms with Crippen LogP contribution in [0.1, 0.15) is 28.3 Å². The lowest BCUT2D eigenvalue weighted by atomic mass is 10.1. The normalized spacial score (nSPS) is 15.8. The Morgan fingerprint density at radius 2 is 1.83 bits per heavy atom. The Kier molecular flexibility index (Phi) is 4.87. The maximum atomic E-state index is 12.9. The second-order valence-corrected chi connectivity index (χ2v) is 7.29. The van der Waals surface area contributed by atoms with Crippen LogP contribution in [0, 0.1) is 20.8 Å². The van der Waals surface area contributed by atoms with E-state index in [2.05, 4.69) is 16.0 Å². The number of carbonyl (C=O) groups is 3. The molecule has 7 heteroatoms. The number of nitrogens with one attached hydrogen (secondary N) is 1. The van der Waals surface area contributed by atoms with E-state index < -0.39 is 17.8 Å². The molecule has 30 heavy (non-hydrogen) atoms. The van der Waals surface area contributed by atoms with Crippen LogP contribution in [0.15, 0.2) is 58.7 Å². The Labute approximate surface area is 173 Å². The first kappa shape index (κ1) is 19.4. The van der Waals surface area contributed by atoms with Gasteiger partial charge in [-0.15, -0.1) is 0 Å². The highest BCUT2D eigenvalue weighted by Gasteiger charge is 2.36. The molecule has 1 saturated heterocycles. The van der Waals surface area contributed by atoms with Crippen LogP contribution < -0.4 is 5.32 Å². The average Bonchev–Trinajstić information content (AvgIpc) is 3.30. The van der Waals surface area contributed by atoms with Gasteiger partial charge in [0.15, 0.2) is 0 Å². The summed E-state index contributed by atoms with van der Waals surface area (Å²) in [7, 11) is 0. The van der Waals surface area contributed by atoms with Crippen molar-refractivity contribution in [1.29, 1.82) is 0 Å². The van der Waals surface area contributed by atoms with Gasteiger partial charge < -0.3 is 8.98 Å². The molecule has 4 amide bonds. The number of benzene rings is 1. The van der Waals surface area contributed by atoms with Gasteiger partial charge in [0.25, 0.3) is 11.8 Å². The van der Waals surface area contributed by atoms with E-state index in [0.29, 0.717) is 5.76 Å². The molecule has 0 spiro atoms. The van der Waals surface area contributed by atoms with Gasteiger partial charge in [0, 0.05) is 17.1 Å². The van der Waals surface area contributed by atoms with Crippen molar-refractivity contribution in [3.63, 3.8) is 0 Å². The van der Waals surface area contributed by atoms with Crippen molar-refractivity contribution in [2.24, 2.45) is 0 Å². The van der Waals surface area contributed by atoms with E-state index in [-0.39, 0.29) is 12.1 Å². The zero-order chi connectivity index (χ0) is 21.4. The van der Waals surface area contributed by atoms with Gasteiger partial charge >= 0.3 is 6.03 Å². The van der Waals surface area contributed by atoms with E-state index in [1.165, 1.54) is 12.3 Å². The molecule has 0 radical (unpaired) electrons. The lowest BCUT2D eigenvalue weighted by Gasteiger charge is -2.25. The summed E-state index contributed by atoms with van der Waals surface area (Å²) >= 11 is 0. The van der Waals surface area contributed by atoms with E-state index >= 15 is 0 Å². The molecule has 3 aromatic rings. The largest absolute Gasteiger partial charge is 0.467 e. The predicted molar refractivity (Wildman–Crippen MR) is 111 cm³/mol. The fourth-order valence-electron chi connectivity index (χ4n) is 3.65. The smallest absolute Gasteiger partial charge is 0.331 e.